The maximum absolute atomic E-state index is 11.9. The first-order chi connectivity index (χ1) is 27.5. The highest BCUT2D eigenvalue weighted by Gasteiger charge is 2.12. The van der Waals surface area contributed by atoms with Gasteiger partial charge in [0.2, 0.25) is 6.41 Å². The van der Waals surface area contributed by atoms with Crippen molar-refractivity contribution in [1.29, 1.82) is 0 Å². The third kappa shape index (κ3) is 43.2. The third-order valence-corrected chi connectivity index (χ3v) is 6.55. The van der Waals surface area contributed by atoms with Crippen molar-refractivity contribution in [2.45, 2.75) is 58.8 Å². The van der Waals surface area contributed by atoms with Crippen LogP contribution in [-0.4, -0.2) is 138 Å². The Bertz CT molecular complexity index is 1070. The van der Waals surface area contributed by atoms with E-state index in [0.29, 0.717) is 112 Å². The van der Waals surface area contributed by atoms with Crippen molar-refractivity contribution in [1.82, 2.24) is 5.32 Å². The molecule has 15 heteroatoms. The van der Waals surface area contributed by atoms with Crippen molar-refractivity contribution in [3.05, 3.63) is 71.8 Å². The summed E-state index contributed by atoms with van der Waals surface area (Å²) in [4.78, 5) is 31.7. The van der Waals surface area contributed by atoms with Crippen LogP contribution < -0.4 is 11.1 Å². The van der Waals surface area contributed by atoms with Crippen LogP contribution in [0.3, 0.4) is 0 Å². The number of benzene rings is 2. The molecule has 2 amide bonds. The number of hydrogen-bond acceptors (Lipinski definition) is 13. The number of methoxy groups -OCH3 is 2. The second-order valence-corrected chi connectivity index (χ2v) is 11.5. The average Bonchev–Trinajstić information content (AvgIpc) is 3.21. The number of amides is 2. The first kappa shape index (κ1) is 54.6. The van der Waals surface area contributed by atoms with Gasteiger partial charge in [0.15, 0.2) is 0 Å². The standard InChI is InChI=1S/C29H49NO11.C8H10O.C3H8.CH3NO/c1-33-11-12-35-15-16-37-19-20-39-23-24-40-22-21-38-18-17-36-14-13-34-10-6-5-9-28(25-31)30-29(32)41-26-27-7-3-2-4-8-27;1-9-7-8-5-3-2-4-6-8;1-3-2;2-1-3/h2-4,7-8,25,28H,5-6,9-24,26H2,1H3,(H,30,32);2-6H,7H2,1H3;3H2,1-2H3;1H,(H2,2,3). The van der Waals surface area contributed by atoms with Crippen LogP contribution >= 0.6 is 0 Å². The molecule has 2 aromatic carbocycles. The molecule has 0 radical (unpaired) electrons. The van der Waals surface area contributed by atoms with Crippen molar-refractivity contribution < 1.29 is 61.8 Å². The average molecular weight is 799 g/mol. The molecule has 2 aromatic rings. The van der Waals surface area contributed by atoms with Crippen LogP contribution in [0.2, 0.25) is 0 Å². The molecular weight excluding hydrogens is 728 g/mol. The number of alkyl carbamates (subject to hydrolysis) is 1. The molecule has 0 aliphatic carbocycles. The Morgan fingerprint density at radius 3 is 1.29 bits per heavy atom. The molecule has 1 unspecified atom stereocenters. The highest BCUT2D eigenvalue weighted by Crippen LogP contribution is 2.03. The van der Waals surface area contributed by atoms with Crippen LogP contribution in [0.25, 0.3) is 0 Å². The van der Waals surface area contributed by atoms with Gasteiger partial charge in [-0.05, 0) is 30.4 Å². The predicted molar refractivity (Wildman–Crippen MR) is 214 cm³/mol. The first-order valence-corrected chi connectivity index (χ1v) is 19.2. The molecular formula is C41H70N2O13. The van der Waals surface area contributed by atoms with Gasteiger partial charge >= 0.3 is 6.09 Å². The summed E-state index contributed by atoms with van der Waals surface area (Å²) in [5.41, 5.74) is 6.27. The minimum absolute atomic E-state index is 0.163. The number of carbonyl (C=O) groups excluding carboxylic acids is 3. The quantitative estimate of drug-likeness (QED) is 0.0765. The number of nitrogens with two attached hydrogens (primary N) is 1. The van der Waals surface area contributed by atoms with Crippen LogP contribution in [0, 0.1) is 0 Å². The Morgan fingerprint density at radius 1 is 0.571 bits per heavy atom. The molecule has 0 spiro atoms. The fraction of sp³-hybridized carbons (Fsp3) is 0.634. The molecule has 15 nitrogen and oxygen atoms in total. The Labute approximate surface area is 335 Å². The number of ether oxygens (including phenoxy) is 10. The maximum Gasteiger partial charge on any atom is 0.408 e. The molecule has 1 atom stereocenters. The lowest BCUT2D eigenvalue weighted by atomic mass is 10.1. The van der Waals surface area contributed by atoms with Gasteiger partial charge in [-0.1, -0.05) is 80.9 Å². The Morgan fingerprint density at radius 2 is 0.929 bits per heavy atom. The van der Waals surface area contributed by atoms with Crippen LogP contribution in [0.15, 0.2) is 60.7 Å². The fourth-order valence-electron chi connectivity index (χ4n) is 3.96. The van der Waals surface area contributed by atoms with Crippen LogP contribution in [0.1, 0.15) is 50.7 Å². The number of rotatable bonds is 32. The van der Waals surface area contributed by atoms with Crippen molar-refractivity contribution in [2.24, 2.45) is 5.73 Å². The van der Waals surface area contributed by atoms with Gasteiger partial charge in [0.1, 0.15) is 12.9 Å². The Balaban J connectivity index is 0. The molecule has 0 aliphatic heterocycles. The molecule has 3 N–H and O–H groups in total. The maximum atomic E-state index is 11.9. The monoisotopic (exact) mass is 798 g/mol. The smallest absolute Gasteiger partial charge is 0.408 e. The number of nitrogens with one attached hydrogen (secondary N) is 1. The van der Waals surface area contributed by atoms with Gasteiger partial charge in [0.25, 0.3) is 0 Å². The Kier molecular flexibility index (Phi) is 46.4. The molecule has 0 aliphatic rings. The molecule has 0 heterocycles. The summed E-state index contributed by atoms with van der Waals surface area (Å²) in [7, 11) is 3.34. The van der Waals surface area contributed by atoms with E-state index in [-0.39, 0.29) is 13.0 Å². The molecule has 0 saturated carbocycles. The summed E-state index contributed by atoms with van der Waals surface area (Å²) in [6.45, 7) is 12.9. The van der Waals surface area contributed by atoms with E-state index in [1.807, 2.05) is 60.7 Å². The fourth-order valence-corrected chi connectivity index (χ4v) is 3.96. The van der Waals surface area contributed by atoms with E-state index in [1.165, 1.54) is 12.0 Å². The number of unbranched alkanes of at least 4 members (excludes halogenated alkanes) is 1. The van der Waals surface area contributed by atoms with Crippen molar-refractivity contribution >= 4 is 18.8 Å². The van der Waals surface area contributed by atoms with Gasteiger partial charge in [-0.15, -0.1) is 0 Å². The van der Waals surface area contributed by atoms with Gasteiger partial charge in [-0.25, -0.2) is 4.79 Å². The summed E-state index contributed by atoms with van der Waals surface area (Å²) in [5, 5.41) is 2.58. The second-order valence-electron chi connectivity index (χ2n) is 11.5. The topological polar surface area (TPSA) is 182 Å². The second kappa shape index (κ2) is 47.6. The predicted octanol–water partition coefficient (Wildman–Crippen LogP) is 4.76. The minimum Gasteiger partial charge on any atom is -0.445 e. The molecule has 0 bridgehead atoms. The lowest BCUT2D eigenvalue weighted by molar-refractivity contribution is -0.109. The van der Waals surface area contributed by atoms with Gasteiger partial charge < -0.3 is 63.2 Å². The molecule has 0 saturated heterocycles. The van der Waals surface area contributed by atoms with Crippen LogP contribution in [0.4, 0.5) is 4.79 Å². The van der Waals surface area contributed by atoms with E-state index in [1.54, 1.807) is 14.2 Å². The lowest BCUT2D eigenvalue weighted by Crippen LogP contribution is -2.36. The summed E-state index contributed by atoms with van der Waals surface area (Å²) in [6.07, 6.45) is 3.67. The normalized spacial score (nSPS) is 10.7. The SMILES string of the molecule is CCC.COCCOCCOCCOCCOCCOCCOCCOCCCCC(C=O)NC(=O)OCc1ccccc1.COCc1ccccc1.NC=O. The Hall–Kier alpha value is -3.51. The van der Waals surface area contributed by atoms with Gasteiger partial charge in [0, 0.05) is 20.8 Å². The van der Waals surface area contributed by atoms with Crippen molar-refractivity contribution in [3.63, 3.8) is 0 Å². The first-order valence-electron chi connectivity index (χ1n) is 19.2. The number of primary amides is 1. The van der Waals surface area contributed by atoms with Gasteiger partial charge in [-0.2, -0.15) is 0 Å². The van der Waals surface area contributed by atoms with E-state index in [4.69, 9.17) is 52.2 Å². The summed E-state index contributed by atoms with van der Waals surface area (Å²) >= 11 is 0. The largest absolute Gasteiger partial charge is 0.445 e. The summed E-state index contributed by atoms with van der Waals surface area (Å²) in [5.74, 6) is 0. The molecule has 0 aromatic heterocycles. The van der Waals surface area contributed by atoms with E-state index in [2.05, 4.69) is 24.9 Å². The zero-order valence-corrected chi connectivity index (χ0v) is 34.2. The van der Waals surface area contributed by atoms with Crippen molar-refractivity contribution in [3.8, 4) is 0 Å². The van der Waals surface area contributed by atoms with E-state index >= 15 is 0 Å². The third-order valence-electron chi connectivity index (χ3n) is 6.55. The number of carbonyl (C=O) groups is 3. The molecule has 322 valence electrons. The number of hydrogen-bond donors (Lipinski definition) is 2. The highest BCUT2D eigenvalue weighted by atomic mass is 16.6. The van der Waals surface area contributed by atoms with Crippen LogP contribution in [-0.2, 0) is 70.2 Å². The zero-order valence-electron chi connectivity index (χ0n) is 34.2. The van der Waals surface area contributed by atoms with Crippen molar-refractivity contribution in [2.75, 3.05) is 113 Å². The van der Waals surface area contributed by atoms with Gasteiger partial charge in [-0.3, -0.25) is 4.79 Å². The lowest BCUT2D eigenvalue weighted by Gasteiger charge is -2.13. The van der Waals surface area contributed by atoms with Crippen LogP contribution in [0.5, 0.6) is 0 Å². The molecule has 2 rings (SSSR count). The minimum atomic E-state index is -0.602. The number of aldehydes is 1. The van der Waals surface area contributed by atoms with E-state index < -0.39 is 12.1 Å². The summed E-state index contributed by atoms with van der Waals surface area (Å²) in [6, 6.07) is 18.9. The summed E-state index contributed by atoms with van der Waals surface area (Å²) < 4.78 is 53.0. The zero-order chi connectivity index (χ0) is 41.4. The molecule has 0 fully saturated rings. The van der Waals surface area contributed by atoms with Gasteiger partial charge in [0.05, 0.1) is 105 Å². The highest BCUT2D eigenvalue weighted by molar-refractivity contribution is 5.73. The van der Waals surface area contributed by atoms with E-state index in [0.717, 1.165) is 24.7 Å². The van der Waals surface area contributed by atoms with E-state index in [9.17, 15) is 9.59 Å². The molecule has 56 heavy (non-hydrogen) atoms.